The molecular formula is C8H12O2. The van der Waals surface area contributed by atoms with Gasteiger partial charge in [0.1, 0.15) is 6.61 Å². The molecule has 2 heteroatoms. The number of hydrogen-bond acceptors (Lipinski definition) is 2. The lowest BCUT2D eigenvalue weighted by Gasteiger charge is -1.95. The molecule has 56 valence electrons. The van der Waals surface area contributed by atoms with Crippen molar-refractivity contribution in [1.82, 2.24) is 0 Å². The Morgan fingerprint density at radius 2 is 2.30 bits per heavy atom. The van der Waals surface area contributed by atoms with E-state index < -0.39 is 0 Å². The third-order valence-corrected chi connectivity index (χ3v) is 0.763. The van der Waals surface area contributed by atoms with Gasteiger partial charge in [0.2, 0.25) is 0 Å². The Morgan fingerprint density at radius 3 is 2.80 bits per heavy atom. The number of hydrogen-bond donors (Lipinski definition) is 0. The van der Waals surface area contributed by atoms with Gasteiger partial charge in [-0.1, -0.05) is 5.92 Å². The molecule has 0 aromatic heterocycles. The predicted octanol–water partition coefficient (Wildman–Crippen LogP) is 1.19. The lowest BCUT2D eigenvalue weighted by atomic mass is 10.5. The van der Waals surface area contributed by atoms with E-state index in [0.29, 0.717) is 19.0 Å². The zero-order valence-electron chi connectivity index (χ0n) is 6.44. The van der Waals surface area contributed by atoms with Gasteiger partial charge in [-0.15, -0.1) is 0 Å². The SMILES string of the molecule is C=C(C#CCOC)OCC. The molecule has 10 heavy (non-hydrogen) atoms. The minimum absolute atomic E-state index is 0.423. The zero-order valence-corrected chi connectivity index (χ0v) is 6.44. The van der Waals surface area contributed by atoms with E-state index >= 15 is 0 Å². The number of ether oxygens (including phenoxy) is 2. The molecule has 0 heterocycles. The second-order valence-electron chi connectivity index (χ2n) is 1.59. The fourth-order valence-electron chi connectivity index (χ4n) is 0.417. The molecule has 0 radical (unpaired) electrons. The van der Waals surface area contributed by atoms with Crippen molar-refractivity contribution in [2.24, 2.45) is 0 Å². The first kappa shape index (κ1) is 9.06. The van der Waals surface area contributed by atoms with Crippen molar-refractivity contribution in [2.45, 2.75) is 6.92 Å². The zero-order chi connectivity index (χ0) is 7.82. The smallest absolute Gasteiger partial charge is 0.162 e. The second kappa shape index (κ2) is 6.18. The van der Waals surface area contributed by atoms with Crippen LogP contribution in [0.5, 0.6) is 0 Å². The van der Waals surface area contributed by atoms with Crippen molar-refractivity contribution >= 4 is 0 Å². The fourth-order valence-corrected chi connectivity index (χ4v) is 0.417. The molecule has 0 fully saturated rings. The average Bonchev–Trinajstić information content (AvgIpc) is 1.89. The molecule has 0 amide bonds. The molecule has 0 spiro atoms. The van der Waals surface area contributed by atoms with E-state index in [2.05, 4.69) is 18.4 Å². The van der Waals surface area contributed by atoms with Crippen LogP contribution in [0.1, 0.15) is 6.92 Å². The van der Waals surface area contributed by atoms with Crippen molar-refractivity contribution in [3.8, 4) is 11.8 Å². The Hall–Kier alpha value is -0.940. The second-order valence-corrected chi connectivity index (χ2v) is 1.59. The van der Waals surface area contributed by atoms with Crippen LogP contribution in [0.4, 0.5) is 0 Å². The normalized spacial score (nSPS) is 7.80. The molecule has 0 atom stereocenters. The molecule has 0 bridgehead atoms. The first-order valence-electron chi connectivity index (χ1n) is 3.10. The predicted molar refractivity (Wildman–Crippen MR) is 40.4 cm³/mol. The van der Waals surface area contributed by atoms with Gasteiger partial charge in [-0.2, -0.15) is 0 Å². The van der Waals surface area contributed by atoms with Crippen molar-refractivity contribution in [3.63, 3.8) is 0 Å². The largest absolute Gasteiger partial charge is 0.486 e. The molecule has 0 rings (SSSR count). The summed E-state index contributed by atoms with van der Waals surface area (Å²) in [6.07, 6.45) is 0. The van der Waals surface area contributed by atoms with Crippen molar-refractivity contribution < 1.29 is 9.47 Å². The van der Waals surface area contributed by atoms with Crippen LogP contribution in [0.25, 0.3) is 0 Å². The van der Waals surface area contributed by atoms with Gasteiger partial charge in [0, 0.05) is 7.11 Å². The van der Waals surface area contributed by atoms with Crippen LogP contribution in [-0.2, 0) is 9.47 Å². The molecule has 0 N–H and O–H groups in total. The summed E-state index contributed by atoms with van der Waals surface area (Å²) < 4.78 is 9.66. The van der Waals surface area contributed by atoms with E-state index in [4.69, 9.17) is 9.47 Å². The number of methoxy groups -OCH3 is 1. The molecule has 0 saturated heterocycles. The summed E-state index contributed by atoms with van der Waals surface area (Å²) in [6, 6.07) is 0. The summed E-state index contributed by atoms with van der Waals surface area (Å²) in [6.45, 7) is 6.49. The van der Waals surface area contributed by atoms with E-state index in [9.17, 15) is 0 Å². The minimum atomic E-state index is 0.423. The number of rotatable bonds is 3. The van der Waals surface area contributed by atoms with Crippen LogP contribution in [0.3, 0.4) is 0 Å². The van der Waals surface area contributed by atoms with Crippen LogP contribution >= 0.6 is 0 Å². The van der Waals surface area contributed by atoms with Gasteiger partial charge >= 0.3 is 0 Å². The standard InChI is InChI=1S/C8H12O2/c1-4-10-8(2)6-5-7-9-3/h2,4,7H2,1,3H3. The van der Waals surface area contributed by atoms with E-state index in [-0.39, 0.29) is 0 Å². The summed E-state index contributed by atoms with van der Waals surface area (Å²) in [4.78, 5) is 0. The molecule has 0 aliphatic heterocycles. The highest BCUT2D eigenvalue weighted by Gasteiger charge is 1.81. The Kier molecular flexibility index (Phi) is 5.60. The molecule has 0 aromatic rings. The molecule has 0 saturated carbocycles. The van der Waals surface area contributed by atoms with Crippen LogP contribution in [-0.4, -0.2) is 20.3 Å². The highest BCUT2D eigenvalue weighted by molar-refractivity contribution is 5.19. The third kappa shape index (κ3) is 5.20. The van der Waals surface area contributed by atoms with Crippen LogP contribution in [0.2, 0.25) is 0 Å². The Morgan fingerprint density at radius 1 is 1.60 bits per heavy atom. The lowest BCUT2D eigenvalue weighted by molar-refractivity contribution is 0.237. The number of allylic oxidation sites excluding steroid dienone is 1. The quantitative estimate of drug-likeness (QED) is 0.433. The first-order chi connectivity index (χ1) is 4.81. The molecule has 0 aliphatic rings. The summed E-state index contributed by atoms with van der Waals surface area (Å²) >= 11 is 0. The van der Waals surface area contributed by atoms with Crippen molar-refractivity contribution in [3.05, 3.63) is 12.3 Å². The van der Waals surface area contributed by atoms with E-state index in [1.807, 2.05) is 6.92 Å². The maximum atomic E-state index is 4.96. The molecule has 2 nitrogen and oxygen atoms in total. The molecule has 0 aromatic carbocycles. The van der Waals surface area contributed by atoms with Crippen LogP contribution < -0.4 is 0 Å². The molecule has 0 unspecified atom stereocenters. The van der Waals surface area contributed by atoms with Gasteiger partial charge in [-0.3, -0.25) is 0 Å². The van der Waals surface area contributed by atoms with Gasteiger partial charge in [0.25, 0.3) is 0 Å². The van der Waals surface area contributed by atoms with Gasteiger partial charge in [-0.05, 0) is 19.4 Å². The summed E-state index contributed by atoms with van der Waals surface area (Å²) in [5.41, 5.74) is 0. The average molecular weight is 140 g/mol. The minimum Gasteiger partial charge on any atom is -0.486 e. The van der Waals surface area contributed by atoms with E-state index in [1.54, 1.807) is 7.11 Å². The Bertz CT molecular complexity index is 150. The van der Waals surface area contributed by atoms with Crippen molar-refractivity contribution in [2.75, 3.05) is 20.3 Å². The van der Waals surface area contributed by atoms with E-state index in [0.717, 1.165) is 0 Å². The molecular weight excluding hydrogens is 128 g/mol. The van der Waals surface area contributed by atoms with Gasteiger partial charge < -0.3 is 9.47 Å². The Balaban J connectivity index is 3.48. The maximum Gasteiger partial charge on any atom is 0.162 e. The fraction of sp³-hybridized carbons (Fsp3) is 0.500. The third-order valence-electron chi connectivity index (χ3n) is 0.763. The van der Waals surface area contributed by atoms with Crippen LogP contribution in [0.15, 0.2) is 12.3 Å². The highest BCUT2D eigenvalue weighted by atomic mass is 16.5. The van der Waals surface area contributed by atoms with Gasteiger partial charge in [0.05, 0.1) is 6.61 Å². The molecule has 0 aliphatic carbocycles. The Labute approximate surface area is 61.8 Å². The first-order valence-corrected chi connectivity index (χ1v) is 3.10. The van der Waals surface area contributed by atoms with E-state index in [1.165, 1.54) is 0 Å². The topological polar surface area (TPSA) is 18.5 Å². The summed E-state index contributed by atoms with van der Waals surface area (Å²) in [5.74, 6) is 5.92. The maximum absolute atomic E-state index is 4.96. The lowest BCUT2D eigenvalue weighted by Crippen LogP contribution is -1.87. The van der Waals surface area contributed by atoms with Crippen molar-refractivity contribution in [1.29, 1.82) is 0 Å². The highest BCUT2D eigenvalue weighted by Crippen LogP contribution is 1.87. The monoisotopic (exact) mass is 140 g/mol. The summed E-state index contributed by atoms with van der Waals surface area (Å²) in [5, 5.41) is 0. The van der Waals surface area contributed by atoms with Gasteiger partial charge in [0.15, 0.2) is 5.76 Å². The van der Waals surface area contributed by atoms with Crippen LogP contribution in [0, 0.1) is 11.8 Å². The van der Waals surface area contributed by atoms with Gasteiger partial charge in [-0.25, -0.2) is 0 Å². The summed E-state index contributed by atoms with van der Waals surface area (Å²) in [7, 11) is 1.60.